The lowest BCUT2D eigenvalue weighted by molar-refractivity contribution is 0.141. The monoisotopic (exact) mass is 297 g/mol. The van der Waals surface area contributed by atoms with Crippen LogP contribution in [0.2, 0.25) is 0 Å². The first kappa shape index (κ1) is 18.9. The minimum absolute atomic E-state index is 0.818. The second-order valence-corrected chi connectivity index (χ2v) is 7.75. The highest BCUT2D eigenvalue weighted by Crippen LogP contribution is 2.10. The van der Waals surface area contributed by atoms with Crippen molar-refractivity contribution in [2.24, 2.45) is 11.8 Å². The number of hydrogen-bond donors (Lipinski definition) is 0. The predicted octanol–water partition coefficient (Wildman–Crippen LogP) is 3.02. The van der Waals surface area contributed by atoms with Crippen LogP contribution in [0.4, 0.5) is 0 Å². The van der Waals surface area contributed by atoms with E-state index < -0.39 is 0 Å². The average Bonchev–Trinajstić information content (AvgIpc) is 2.42. The summed E-state index contributed by atoms with van der Waals surface area (Å²) in [6, 6.07) is 0. The molecule has 2 fully saturated rings. The van der Waals surface area contributed by atoms with Gasteiger partial charge in [0.25, 0.3) is 0 Å². The van der Waals surface area contributed by atoms with Gasteiger partial charge in [-0.3, -0.25) is 0 Å². The second kappa shape index (κ2) is 10.6. The Morgan fingerprint density at radius 1 is 0.619 bits per heavy atom. The third kappa shape index (κ3) is 9.49. The molecule has 0 aromatic heterocycles. The van der Waals surface area contributed by atoms with Crippen molar-refractivity contribution in [3.05, 3.63) is 0 Å². The minimum atomic E-state index is 0.818. The van der Waals surface area contributed by atoms with E-state index in [1.165, 1.54) is 71.6 Å². The summed E-state index contributed by atoms with van der Waals surface area (Å²) in [4.78, 5) is 7.55. The number of piperidine rings is 1. The summed E-state index contributed by atoms with van der Waals surface area (Å²) in [7, 11) is 2.20. The number of hydrogen-bond acceptors (Lipinski definition) is 3. The van der Waals surface area contributed by atoms with Gasteiger partial charge in [-0.15, -0.1) is 0 Å². The molecule has 0 unspecified atom stereocenters. The molecule has 0 amide bonds. The van der Waals surface area contributed by atoms with Crippen LogP contribution in [-0.4, -0.2) is 74.1 Å². The number of rotatable bonds is 4. The highest BCUT2D eigenvalue weighted by Gasteiger charge is 2.13. The fourth-order valence-electron chi connectivity index (χ4n) is 3.21. The van der Waals surface area contributed by atoms with Gasteiger partial charge in [0.1, 0.15) is 0 Å². The number of piperazine rings is 1. The van der Waals surface area contributed by atoms with Crippen LogP contribution < -0.4 is 0 Å². The Labute approximate surface area is 133 Å². The number of likely N-dealkylation sites (N-methyl/N-ethyl adjacent to an activating group) is 1. The van der Waals surface area contributed by atoms with Gasteiger partial charge >= 0.3 is 0 Å². The maximum Gasteiger partial charge on any atom is 0.0110 e. The molecule has 0 aromatic rings. The van der Waals surface area contributed by atoms with Crippen LogP contribution in [0.5, 0.6) is 0 Å². The molecule has 3 nitrogen and oxygen atoms in total. The fourth-order valence-corrected chi connectivity index (χ4v) is 3.21. The Hall–Kier alpha value is -0.120. The molecule has 21 heavy (non-hydrogen) atoms. The molecule has 2 rings (SSSR count). The van der Waals surface area contributed by atoms with Crippen molar-refractivity contribution in [3.63, 3.8) is 0 Å². The van der Waals surface area contributed by atoms with Crippen molar-refractivity contribution in [2.75, 3.05) is 59.4 Å². The van der Waals surface area contributed by atoms with Crippen LogP contribution in [0.3, 0.4) is 0 Å². The molecular formula is C18H39N3. The third-order valence-corrected chi connectivity index (χ3v) is 4.29. The lowest BCUT2D eigenvalue weighted by Gasteiger charge is -2.33. The lowest BCUT2D eigenvalue weighted by atomic mass is 10.1. The summed E-state index contributed by atoms with van der Waals surface area (Å²) in [5, 5.41) is 0. The van der Waals surface area contributed by atoms with Crippen LogP contribution in [0.1, 0.15) is 47.0 Å². The molecule has 0 bridgehead atoms. The van der Waals surface area contributed by atoms with Crippen LogP contribution >= 0.6 is 0 Å². The highest BCUT2D eigenvalue weighted by atomic mass is 15.2. The predicted molar refractivity (Wildman–Crippen MR) is 93.9 cm³/mol. The summed E-state index contributed by atoms with van der Waals surface area (Å²) in [5.41, 5.74) is 0. The zero-order valence-corrected chi connectivity index (χ0v) is 15.3. The van der Waals surface area contributed by atoms with Crippen molar-refractivity contribution in [1.82, 2.24) is 14.7 Å². The molecule has 2 aliphatic rings. The maximum atomic E-state index is 2.59. The SMILES string of the molecule is CC(C)CN1CCCCC1.CC(C)CN1CCN(C)CC1. The molecule has 0 aromatic carbocycles. The topological polar surface area (TPSA) is 9.72 Å². The maximum absolute atomic E-state index is 2.59. The normalized spacial score (nSPS) is 22.4. The Kier molecular flexibility index (Phi) is 9.54. The first-order valence-corrected chi connectivity index (χ1v) is 9.10. The van der Waals surface area contributed by atoms with Crippen LogP contribution in [0, 0.1) is 11.8 Å². The van der Waals surface area contributed by atoms with Crippen molar-refractivity contribution < 1.29 is 0 Å². The van der Waals surface area contributed by atoms with Crippen molar-refractivity contribution in [2.45, 2.75) is 47.0 Å². The average molecular weight is 298 g/mol. The quantitative estimate of drug-likeness (QED) is 0.790. The largest absolute Gasteiger partial charge is 0.304 e. The molecule has 2 heterocycles. The number of likely N-dealkylation sites (tertiary alicyclic amines) is 1. The third-order valence-electron chi connectivity index (χ3n) is 4.29. The van der Waals surface area contributed by atoms with Crippen molar-refractivity contribution in [1.29, 1.82) is 0 Å². The van der Waals surface area contributed by atoms with Crippen LogP contribution in [-0.2, 0) is 0 Å². The summed E-state index contributed by atoms with van der Waals surface area (Å²) in [5.74, 6) is 1.66. The smallest absolute Gasteiger partial charge is 0.0110 e. The Morgan fingerprint density at radius 3 is 1.48 bits per heavy atom. The molecule has 2 aliphatic heterocycles. The molecule has 126 valence electrons. The van der Waals surface area contributed by atoms with E-state index in [0.29, 0.717) is 0 Å². The molecule has 3 heteroatoms. The van der Waals surface area contributed by atoms with Crippen LogP contribution in [0.25, 0.3) is 0 Å². The molecule has 0 radical (unpaired) electrons. The molecular weight excluding hydrogens is 258 g/mol. The molecule has 0 N–H and O–H groups in total. The highest BCUT2D eigenvalue weighted by molar-refractivity contribution is 4.69. The van der Waals surface area contributed by atoms with Crippen molar-refractivity contribution >= 4 is 0 Å². The fraction of sp³-hybridized carbons (Fsp3) is 1.00. The molecule has 0 spiro atoms. The standard InChI is InChI=1S/C9H20N2.C9H19N/c1-9(2)8-11-6-4-10(3)5-7-11;1-9(2)8-10-6-4-3-5-7-10/h9H,4-8H2,1-3H3;9H,3-8H2,1-2H3. The van der Waals surface area contributed by atoms with Gasteiger partial charge in [0.2, 0.25) is 0 Å². The van der Waals surface area contributed by atoms with E-state index >= 15 is 0 Å². The first-order chi connectivity index (χ1) is 9.97. The van der Waals surface area contributed by atoms with E-state index in [1.807, 2.05) is 0 Å². The summed E-state index contributed by atoms with van der Waals surface area (Å²) in [6.07, 6.45) is 4.30. The molecule has 0 atom stereocenters. The summed E-state index contributed by atoms with van der Waals surface area (Å²) >= 11 is 0. The second-order valence-electron chi connectivity index (χ2n) is 7.75. The van der Waals surface area contributed by atoms with Crippen LogP contribution in [0.15, 0.2) is 0 Å². The van der Waals surface area contributed by atoms with E-state index in [1.54, 1.807) is 0 Å². The van der Waals surface area contributed by atoms with Gasteiger partial charge in [-0.05, 0) is 44.8 Å². The summed E-state index contributed by atoms with van der Waals surface area (Å²) < 4.78 is 0. The minimum Gasteiger partial charge on any atom is -0.304 e. The Morgan fingerprint density at radius 2 is 1.05 bits per heavy atom. The van der Waals surface area contributed by atoms with Gasteiger partial charge in [-0.25, -0.2) is 0 Å². The van der Waals surface area contributed by atoms with E-state index in [-0.39, 0.29) is 0 Å². The van der Waals surface area contributed by atoms with E-state index in [2.05, 4.69) is 49.4 Å². The summed E-state index contributed by atoms with van der Waals surface area (Å²) in [6.45, 7) is 19.5. The number of nitrogens with zero attached hydrogens (tertiary/aromatic N) is 3. The lowest BCUT2D eigenvalue weighted by Crippen LogP contribution is -2.45. The molecule has 2 saturated heterocycles. The van der Waals surface area contributed by atoms with Crippen molar-refractivity contribution in [3.8, 4) is 0 Å². The Bertz CT molecular complexity index is 239. The van der Waals surface area contributed by atoms with Gasteiger partial charge in [0.05, 0.1) is 0 Å². The van der Waals surface area contributed by atoms with Gasteiger partial charge in [-0.2, -0.15) is 0 Å². The van der Waals surface area contributed by atoms with Gasteiger partial charge < -0.3 is 14.7 Å². The Balaban J connectivity index is 0.000000211. The zero-order valence-electron chi connectivity index (χ0n) is 15.3. The molecule has 0 saturated carbocycles. The molecule has 0 aliphatic carbocycles. The van der Waals surface area contributed by atoms with Gasteiger partial charge in [0.15, 0.2) is 0 Å². The first-order valence-electron chi connectivity index (χ1n) is 9.10. The van der Waals surface area contributed by atoms with Gasteiger partial charge in [-0.1, -0.05) is 34.1 Å². The van der Waals surface area contributed by atoms with Gasteiger partial charge in [0, 0.05) is 39.3 Å². The van der Waals surface area contributed by atoms with E-state index in [9.17, 15) is 0 Å². The van der Waals surface area contributed by atoms with E-state index in [4.69, 9.17) is 0 Å². The van der Waals surface area contributed by atoms with E-state index in [0.717, 1.165) is 11.8 Å². The zero-order chi connectivity index (χ0) is 15.7.